The van der Waals surface area contributed by atoms with E-state index < -0.39 is 5.82 Å². The third kappa shape index (κ3) is 5.12. The molecule has 1 aliphatic rings. The Hall–Kier alpha value is -2.76. The number of hydrogen-bond acceptors (Lipinski definition) is 5. The topological polar surface area (TPSA) is 73.7 Å². The summed E-state index contributed by atoms with van der Waals surface area (Å²) in [6, 6.07) is 5.67. The number of nitrogens with one attached hydrogen (secondary N) is 3. The molecule has 1 saturated carbocycles. The van der Waals surface area contributed by atoms with Crippen molar-refractivity contribution in [2.45, 2.75) is 51.5 Å². The van der Waals surface area contributed by atoms with Crippen LogP contribution in [0.3, 0.4) is 0 Å². The minimum Gasteiger partial charge on any atom is -0.381 e. The molecule has 0 saturated heterocycles. The Morgan fingerprint density at radius 1 is 1.26 bits per heavy atom. The molecule has 0 aromatic carbocycles. The van der Waals surface area contributed by atoms with Crippen LogP contribution in [0.25, 0.3) is 5.57 Å². The van der Waals surface area contributed by atoms with E-state index in [2.05, 4.69) is 27.5 Å². The van der Waals surface area contributed by atoms with Crippen LogP contribution in [0, 0.1) is 11.2 Å². The fourth-order valence-corrected chi connectivity index (χ4v) is 3.34. The van der Waals surface area contributed by atoms with Gasteiger partial charge in [-0.15, -0.1) is 0 Å². The predicted molar refractivity (Wildman–Crippen MR) is 109 cm³/mol. The second kappa shape index (κ2) is 9.26. The van der Waals surface area contributed by atoms with Crippen LogP contribution in [-0.2, 0) is 6.42 Å². The third-order valence-corrected chi connectivity index (χ3v) is 4.71. The lowest BCUT2D eigenvalue weighted by atomic mass is 10.1. The molecule has 1 aliphatic carbocycles. The van der Waals surface area contributed by atoms with Gasteiger partial charge in [-0.05, 0) is 31.4 Å². The fraction of sp³-hybridized carbons (Fsp3) is 0.381. The molecular weight excluding hydrogens is 341 g/mol. The second-order valence-corrected chi connectivity index (χ2v) is 6.85. The third-order valence-electron chi connectivity index (χ3n) is 4.71. The van der Waals surface area contributed by atoms with Gasteiger partial charge in [0.25, 0.3) is 0 Å². The molecule has 0 amide bonds. The highest BCUT2D eigenvalue weighted by atomic mass is 19.1. The Kier molecular flexibility index (Phi) is 6.52. The maximum atomic E-state index is 14.6. The quantitative estimate of drug-likeness (QED) is 0.573. The van der Waals surface area contributed by atoms with Gasteiger partial charge in [0.05, 0.1) is 11.9 Å². The predicted octanol–water partition coefficient (Wildman–Crippen LogP) is 5.03. The molecule has 6 heteroatoms. The number of aryl methyl sites for hydroxylation is 1. The summed E-state index contributed by atoms with van der Waals surface area (Å²) in [7, 11) is 0. The van der Waals surface area contributed by atoms with E-state index in [1.54, 1.807) is 18.6 Å². The van der Waals surface area contributed by atoms with Crippen molar-refractivity contribution in [3.05, 3.63) is 54.0 Å². The SMILES string of the molecule is CCCc1cc(N/C=C(\C=N)c2ncc(NC3CCCC3)cc2F)ccn1. The molecule has 0 aliphatic heterocycles. The van der Waals surface area contributed by atoms with E-state index >= 15 is 0 Å². The summed E-state index contributed by atoms with van der Waals surface area (Å²) in [5.74, 6) is -0.434. The van der Waals surface area contributed by atoms with Gasteiger partial charge in [0.1, 0.15) is 5.69 Å². The highest BCUT2D eigenvalue weighted by Gasteiger charge is 2.16. The molecule has 0 radical (unpaired) electrons. The maximum Gasteiger partial charge on any atom is 0.151 e. The molecule has 0 bridgehead atoms. The number of pyridine rings is 2. The van der Waals surface area contributed by atoms with Gasteiger partial charge < -0.3 is 16.0 Å². The zero-order chi connectivity index (χ0) is 19.1. The van der Waals surface area contributed by atoms with Gasteiger partial charge in [-0.3, -0.25) is 9.97 Å². The monoisotopic (exact) mass is 367 g/mol. The summed E-state index contributed by atoms with van der Waals surface area (Å²) >= 11 is 0. The first-order valence-electron chi connectivity index (χ1n) is 9.54. The lowest BCUT2D eigenvalue weighted by molar-refractivity contribution is 0.617. The summed E-state index contributed by atoms with van der Waals surface area (Å²) in [6.45, 7) is 2.11. The maximum absolute atomic E-state index is 14.6. The molecule has 0 atom stereocenters. The van der Waals surface area contributed by atoms with Crippen molar-refractivity contribution < 1.29 is 4.39 Å². The van der Waals surface area contributed by atoms with Gasteiger partial charge in [-0.1, -0.05) is 26.2 Å². The number of allylic oxidation sites excluding steroid dienone is 1. The molecule has 2 aromatic rings. The number of anilines is 2. The van der Waals surface area contributed by atoms with E-state index in [1.807, 2.05) is 12.1 Å². The van der Waals surface area contributed by atoms with Crippen LogP contribution in [0.15, 0.2) is 36.8 Å². The Bertz CT molecular complexity index is 812. The Morgan fingerprint density at radius 2 is 2.07 bits per heavy atom. The molecule has 0 spiro atoms. The lowest BCUT2D eigenvalue weighted by Gasteiger charge is -2.14. The fourth-order valence-electron chi connectivity index (χ4n) is 3.34. The number of aromatic nitrogens is 2. The van der Waals surface area contributed by atoms with Crippen molar-refractivity contribution in [2.75, 3.05) is 10.6 Å². The van der Waals surface area contributed by atoms with Crippen LogP contribution < -0.4 is 10.6 Å². The molecule has 3 rings (SSSR count). The summed E-state index contributed by atoms with van der Waals surface area (Å²) in [5.41, 5.74) is 3.09. The normalized spacial score (nSPS) is 15.0. The van der Waals surface area contributed by atoms with E-state index in [0.717, 1.165) is 43.3 Å². The average Bonchev–Trinajstić information content (AvgIpc) is 3.17. The number of rotatable bonds is 8. The molecular formula is C21H26FN5. The van der Waals surface area contributed by atoms with Gasteiger partial charge in [-0.2, -0.15) is 0 Å². The first-order chi connectivity index (χ1) is 13.2. The van der Waals surface area contributed by atoms with E-state index in [1.165, 1.54) is 18.9 Å². The minimum absolute atomic E-state index is 0.164. The van der Waals surface area contributed by atoms with E-state index in [0.29, 0.717) is 17.3 Å². The van der Waals surface area contributed by atoms with E-state index in [-0.39, 0.29) is 5.69 Å². The van der Waals surface area contributed by atoms with Gasteiger partial charge in [-0.25, -0.2) is 4.39 Å². The summed E-state index contributed by atoms with van der Waals surface area (Å²) in [6.07, 6.45) is 12.7. The number of hydrogen-bond donors (Lipinski definition) is 3. The van der Waals surface area contributed by atoms with Crippen molar-refractivity contribution in [3.8, 4) is 0 Å². The largest absolute Gasteiger partial charge is 0.381 e. The van der Waals surface area contributed by atoms with Gasteiger partial charge >= 0.3 is 0 Å². The van der Waals surface area contributed by atoms with E-state index in [4.69, 9.17) is 5.41 Å². The van der Waals surface area contributed by atoms with Crippen molar-refractivity contribution >= 4 is 23.2 Å². The number of nitrogens with zero attached hydrogens (tertiary/aromatic N) is 2. The van der Waals surface area contributed by atoms with Crippen LogP contribution >= 0.6 is 0 Å². The first-order valence-corrected chi connectivity index (χ1v) is 9.54. The first kappa shape index (κ1) is 19.0. The highest BCUT2D eigenvalue weighted by Crippen LogP contribution is 2.24. The molecule has 142 valence electrons. The van der Waals surface area contributed by atoms with Crippen molar-refractivity contribution in [2.24, 2.45) is 0 Å². The molecule has 3 N–H and O–H groups in total. The smallest absolute Gasteiger partial charge is 0.151 e. The summed E-state index contributed by atoms with van der Waals surface area (Å²) in [4.78, 5) is 8.56. The zero-order valence-electron chi connectivity index (χ0n) is 15.6. The van der Waals surface area contributed by atoms with Gasteiger partial charge in [0.2, 0.25) is 0 Å². The number of halogens is 1. The van der Waals surface area contributed by atoms with Crippen LogP contribution in [0.2, 0.25) is 0 Å². The Labute approximate surface area is 159 Å². The molecule has 2 heterocycles. The Morgan fingerprint density at radius 3 is 2.78 bits per heavy atom. The molecule has 5 nitrogen and oxygen atoms in total. The van der Waals surface area contributed by atoms with Crippen LogP contribution in [0.5, 0.6) is 0 Å². The van der Waals surface area contributed by atoms with Gasteiger partial charge in [0, 0.05) is 47.7 Å². The lowest BCUT2D eigenvalue weighted by Crippen LogP contribution is -2.15. The van der Waals surface area contributed by atoms with Crippen LogP contribution in [-0.4, -0.2) is 22.2 Å². The Balaban J connectivity index is 1.73. The summed E-state index contributed by atoms with van der Waals surface area (Å²) < 4.78 is 14.6. The molecule has 2 aromatic heterocycles. The highest BCUT2D eigenvalue weighted by molar-refractivity contribution is 6.08. The molecule has 27 heavy (non-hydrogen) atoms. The van der Waals surface area contributed by atoms with Crippen LogP contribution in [0.4, 0.5) is 15.8 Å². The zero-order valence-corrected chi connectivity index (χ0v) is 15.6. The average molecular weight is 367 g/mol. The van der Waals surface area contributed by atoms with Crippen molar-refractivity contribution in [1.82, 2.24) is 9.97 Å². The second-order valence-electron chi connectivity index (χ2n) is 6.85. The van der Waals surface area contributed by atoms with E-state index in [9.17, 15) is 4.39 Å². The molecule has 0 unspecified atom stereocenters. The summed E-state index contributed by atoms with van der Waals surface area (Å²) in [5, 5.41) is 14.1. The van der Waals surface area contributed by atoms with Crippen LogP contribution in [0.1, 0.15) is 50.4 Å². The minimum atomic E-state index is -0.434. The van der Waals surface area contributed by atoms with Crippen molar-refractivity contribution in [1.29, 1.82) is 5.41 Å². The standard InChI is InChI=1S/C21H26FN5/c1-2-5-17-10-18(8-9-24-17)25-13-15(12-23)21-20(22)11-19(14-26-21)27-16-6-3-4-7-16/h8-14,16,23,27H,2-7H2,1H3,(H,24,25)/b15-13+,23-12?. The molecule has 1 fully saturated rings. The van der Waals surface area contributed by atoms with Gasteiger partial charge in [0.15, 0.2) is 5.82 Å². The van der Waals surface area contributed by atoms with Crippen molar-refractivity contribution in [3.63, 3.8) is 0 Å².